The number of aliphatic hydroxyl groups is 1. The molecule has 1 heterocycles. The highest BCUT2D eigenvalue weighted by Crippen LogP contribution is 2.43. The van der Waals surface area contributed by atoms with Crippen LogP contribution in [0.4, 0.5) is 26.3 Å². The molecule has 0 aromatic heterocycles. The van der Waals surface area contributed by atoms with E-state index < -0.39 is 35.2 Å². The van der Waals surface area contributed by atoms with Gasteiger partial charge < -0.3 is 19.3 Å². The SMILES string of the molecule is CCCC1COC(C2CCC(O)(c3ccc(-c4cc(F)c(OC(F)(F)F)c(F)c4)c(F)c3)CC2)OC1. The summed E-state index contributed by atoms with van der Waals surface area (Å²) in [5.41, 5.74) is -1.50. The number of ether oxygens (including phenoxy) is 3. The van der Waals surface area contributed by atoms with Crippen LogP contribution in [0.25, 0.3) is 11.1 Å². The molecule has 0 spiro atoms. The molecule has 2 fully saturated rings. The molecule has 10 heteroatoms. The predicted octanol–water partition coefficient (Wildman–Crippen LogP) is 6.84. The van der Waals surface area contributed by atoms with E-state index in [4.69, 9.17) is 9.47 Å². The molecule has 198 valence electrons. The Bertz CT molecular complexity index is 1030. The zero-order valence-corrected chi connectivity index (χ0v) is 19.7. The Labute approximate surface area is 205 Å². The lowest BCUT2D eigenvalue weighted by molar-refractivity contribution is -0.276. The number of benzene rings is 2. The van der Waals surface area contributed by atoms with Crippen molar-refractivity contribution in [2.75, 3.05) is 13.2 Å². The van der Waals surface area contributed by atoms with Gasteiger partial charge in [0.1, 0.15) is 5.82 Å². The second-order valence-corrected chi connectivity index (χ2v) is 9.57. The maximum atomic E-state index is 15.0. The lowest BCUT2D eigenvalue weighted by Crippen LogP contribution is -2.41. The molecule has 1 saturated heterocycles. The van der Waals surface area contributed by atoms with Crippen molar-refractivity contribution in [1.82, 2.24) is 0 Å². The van der Waals surface area contributed by atoms with Crippen LogP contribution >= 0.6 is 0 Å². The van der Waals surface area contributed by atoms with E-state index in [1.54, 1.807) is 0 Å². The molecule has 0 amide bonds. The first-order chi connectivity index (χ1) is 17.0. The third kappa shape index (κ3) is 5.98. The third-order valence-corrected chi connectivity index (χ3v) is 6.97. The van der Waals surface area contributed by atoms with Gasteiger partial charge in [-0.25, -0.2) is 13.2 Å². The molecule has 1 saturated carbocycles. The Hall–Kier alpha value is -2.30. The molecule has 2 aliphatic rings. The van der Waals surface area contributed by atoms with E-state index in [1.165, 1.54) is 12.1 Å². The zero-order valence-electron chi connectivity index (χ0n) is 19.7. The molecule has 0 atom stereocenters. The van der Waals surface area contributed by atoms with Gasteiger partial charge in [0.2, 0.25) is 5.75 Å². The molecule has 4 rings (SSSR count). The first kappa shape index (κ1) is 26.8. The van der Waals surface area contributed by atoms with Gasteiger partial charge in [-0.05, 0) is 61.4 Å². The molecule has 1 aliphatic carbocycles. The quantitative estimate of drug-likeness (QED) is 0.426. The van der Waals surface area contributed by atoms with E-state index in [1.807, 2.05) is 0 Å². The van der Waals surface area contributed by atoms with E-state index in [0.29, 0.717) is 62.5 Å². The van der Waals surface area contributed by atoms with Crippen LogP contribution in [0, 0.1) is 29.3 Å². The van der Waals surface area contributed by atoms with E-state index in [9.17, 15) is 31.4 Å². The van der Waals surface area contributed by atoms with Gasteiger partial charge >= 0.3 is 6.36 Å². The fourth-order valence-electron chi connectivity index (χ4n) is 5.05. The number of hydrogen-bond acceptors (Lipinski definition) is 4. The number of hydrogen-bond donors (Lipinski definition) is 1. The van der Waals surface area contributed by atoms with E-state index in [2.05, 4.69) is 11.7 Å². The highest BCUT2D eigenvalue weighted by Gasteiger charge is 2.40. The summed E-state index contributed by atoms with van der Waals surface area (Å²) < 4.78 is 95.4. The van der Waals surface area contributed by atoms with Crippen LogP contribution in [-0.4, -0.2) is 31.0 Å². The van der Waals surface area contributed by atoms with Gasteiger partial charge in [-0.1, -0.05) is 25.5 Å². The fraction of sp³-hybridized carbons (Fsp3) is 0.538. The van der Waals surface area contributed by atoms with Gasteiger partial charge in [0.05, 0.1) is 18.8 Å². The summed E-state index contributed by atoms with van der Waals surface area (Å²) in [4.78, 5) is 0. The normalized spacial score (nSPS) is 27.2. The molecule has 2 aromatic rings. The summed E-state index contributed by atoms with van der Waals surface area (Å²) in [6.45, 7) is 3.41. The lowest BCUT2D eigenvalue weighted by atomic mass is 9.74. The Morgan fingerprint density at radius 2 is 1.58 bits per heavy atom. The minimum absolute atomic E-state index is 0.111. The highest BCUT2D eigenvalue weighted by molar-refractivity contribution is 5.66. The van der Waals surface area contributed by atoms with Crippen molar-refractivity contribution in [3.63, 3.8) is 0 Å². The molecular weight excluding hydrogens is 490 g/mol. The summed E-state index contributed by atoms with van der Waals surface area (Å²) in [7, 11) is 0. The van der Waals surface area contributed by atoms with Gasteiger partial charge in [-0.2, -0.15) is 0 Å². The van der Waals surface area contributed by atoms with E-state index in [-0.39, 0.29) is 23.3 Å². The second kappa shape index (κ2) is 10.6. The zero-order chi connectivity index (χ0) is 26.1. The van der Waals surface area contributed by atoms with Crippen LogP contribution in [0.1, 0.15) is 51.0 Å². The minimum atomic E-state index is -5.28. The van der Waals surface area contributed by atoms with Crippen LogP contribution in [-0.2, 0) is 15.1 Å². The standard InChI is InChI=1S/C26H28F6O4/c1-2-3-15-13-34-24(35-14-15)16-6-8-25(33,9-7-16)18-4-5-19(20(27)12-18)17-10-21(28)23(22(29)11-17)36-26(30,31)32/h4-5,10-12,15-16,24,33H,2-3,6-9,13-14H2,1H3. The second-order valence-electron chi connectivity index (χ2n) is 9.57. The fourth-order valence-corrected chi connectivity index (χ4v) is 5.05. The van der Waals surface area contributed by atoms with Crippen LogP contribution in [0.3, 0.4) is 0 Å². The van der Waals surface area contributed by atoms with Crippen LogP contribution in [0.5, 0.6) is 5.75 Å². The van der Waals surface area contributed by atoms with Gasteiger partial charge in [0.25, 0.3) is 0 Å². The Kier molecular flexibility index (Phi) is 7.87. The molecular formula is C26H28F6O4. The maximum Gasteiger partial charge on any atom is 0.573 e. The molecule has 36 heavy (non-hydrogen) atoms. The summed E-state index contributed by atoms with van der Waals surface area (Å²) in [6, 6.07) is 4.93. The molecule has 1 N–H and O–H groups in total. The predicted molar refractivity (Wildman–Crippen MR) is 118 cm³/mol. The molecule has 0 unspecified atom stereocenters. The van der Waals surface area contributed by atoms with Gasteiger partial charge in [-0.15, -0.1) is 13.2 Å². The van der Waals surface area contributed by atoms with E-state index in [0.717, 1.165) is 18.9 Å². The first-order valence-electron chi connectivity index (χ1n) is 12.0. The molecule has 0 radical (unpaired) electrons. The van der Waals surface area contributed by atoms with Crippen molar-refractivity contribution < 1.29 is 45.7 Å². The average Bonchev–Trinajstić information content (AvgIpc) is 2.82. The average molecular weight is 518 g/mol. The highest BCUT2D eigenvalue weighted by atomic mass is 19.4. The monoisotopic (exact) mass is 518 g/mol. The van der Waals surface area contributed by atoms with Crippen molar-refractivity contribution in [1.29, 1.82) is 0 Å². The maximum absolute atomic E-state index is 15.0. The van der Waals surface area contributed by atoms with Crippen molar-refractivity contribution in [2.45, 2.75) is 63.7 Å². The minimum Gasteiger partial charge on any atom is -0.399 e. The Morgan fingerprint density at radius 3 is 2.11 bits per heavy atom. The van der Waals surface area contributed by atoms with Gasteiger partial charge in [-0.3, -0.25) is 0 Å². The smallest absolute Gasteiger partial charge is 0.399 e. The lowest BCUT2D eigenvalue weighted by Gasteiger charge is -2.41. The number of halogens is 6. The van der Waals surface area contributed by atoms with Crippen molar-refractivity contribution >= 4 is 0 Å². The summed E-state index contributed by atoms with van der Waals surface area (Å²) in [5, 5.41) is 11.2. The Balaban J connectivity index is 1.44. The van der Waals surface area contributed by atoms with Gasteiger partial charge in [0, 0.05) is 17.4 Å². The van der Waals surface area contributed by atoms with Crippen LogP contribution in [0.15, 0.2) is 30.3 Å². The molecule has 0 bridgehead atoms. The third-order valence-electron chi connectivity index (χ3n) is 6.97. The summed E-state index contributed by atoms with van der Waals surface area (Å²) in [5.74, 6) is -5.20. The molecule has 2 aromatic carbocycles. The van der Waals surface area contributed by atoms with Crippen LogP contribution < -0.4 is 4.74 Å². The number of alkyl halides is 3. The number of rotatable bonds is 6. The van der Waals surface area contributed by atoms with E-state index >= 15 is 0 Å². The van der Waals surface area contributed by atoms with Crippen LogP contribution in [0.2, 0.25) is 0 Å². The largest absolute Gasteiger partial charge is 0.573 e. The molecule has 4 nitrogen and oxygen atoms in total. The topological polar surface area (TPSA) is 47.9 Å². The Morgan fingerprint density at radius 1 is 0.972 bits per heavy atom. The summed E-state index contributed by atoms with van der Waals surface area (Å²) >= 11 is 0. The molecule has 1 aliphatic heterocycles. The first-order valence-corrected chi connectivity index (χ1v) is 12.0. The van der Waals surface area contributed by atoms with Crippen molar-refractivity contribution in [2.24, 2.45) is 11.8 Å². The van der Waals surface area contributed by atoms with Crippen molar-refractivity contribution in [3.05, 3.63) is 53.3 Å². The summed E-state index contributed by atoms with van der Waals surface area (Å²) in [6.07, 6.45) is -1.57. The van der Waals surface area contributed by atoms with Crippen molar-refractivity contribution in [3.8, 4) is 16.9 Å². The van der Waals surface area contributed by atoms with Gasteiger partial charge in [0.15, 0.2) is 17.9 Å².